The van der Waals surface area contributed by atoms with Crippen LogP contribution < -0.4 is 16.0 Å². The number of hydrogen-bond acceptors (Lipinski definition) is 10. The number of aryl methyl sites for hydroxylation is 2. The van der Waals surface area contributed by atoms with Crippen LogP contribution in [0.15, 0.2) is 78.0 Å². The summed E-state index contributed by atoms with van der Waals surface area (Å²) in [5.41, 5.74) is 7.23. The summed E-state index contributed by atoms with van der Waals surface area (Å²) in [4.78, 5) is 58.7. The third kappa shape index (κ3) is 7.72. The highest BCUT2D eigenvalue weighted by Crippen LogP contribution is 2.37. The number of rotatable bonds is 8. The number of pyridine rings is 1. The molecule has 5 aromatic rings. The first-order valence-electron chi connectivity index (χ1n) is 17.6. The summed E-state index contributed by atoms with van der Waals surface area (Å²) in [7, 11) is 0. The Morgan fingerprint density at radius 1 is 1.06 bits per heavy atom. The van der Waals surface area contributed by atoms with Crippen LogP contribution in [0.5, 0.6) is 11.6 Å². The number of carbonyl (C=O) groups excluding carboxylic acids is 2. The molecule has 3 N–H and O–H groups in total. The number of piperidine rings is 2. The maximum atomic E-state index is 14.2. The number of carbonyl (C=O) groups is 2. The van der Waals surface area contributed by atoms with E-state index in [1.165, 1.54) is 34.4 Å². The average Bonchev–Trinajstić information content (AvgIpc) is 3.57. The van der Waals surface area contributed by atoms with Gasteiger partial charge >= 0.3 is 0 Å². The van der Waals surface area contributed by atoms with E-state index in [1.807, 2.05) is 61.2 Å². The number of thiazole rings is 1. The van der Waals surface area contributed by atoms with E-state index in [2.05, 4.69) is 15.0 Å². The first-order valence-corrected chi connectivity index (χ1v) is 18.8. The molecule has 2 aliphatic rings. The van der Waals surface area contributed by atoms with Crippen LogP contribution in [0, 0.1) is 25.6 Å². The van der Waals surface area contributed by atoms with Gasteiger partial charge in [-0.15, -0.1) is 11.3 Å². The number of nitrogen functional groups attached to an aromatic ring is 1. The molecule has 2 saturated heterocycles. The Morgan fingerprint density at radius 3 is 2.52 bits per heavy atom. The second-order valence-electron chi connectivity index (χ2n) is 13.9. The van der Waals surface area contributed by atoms with E-state index in [4.69, 9.17) is 22.1 Å². The highest BCUT2D eigenvalue weighted by molar-refractivity contribution is 7.17. The third-order valence-electron chi connectivity index (χ3n) is 10.2. The molecule has 0 bridgehead atoms. The Hall–Kier alpha value is -5.18. The van der Waals surface area contributed by atoms with Crippen LogP contribution in [0.3, 0.4) is 0 Å². The van der Waals surface area contributed by atoms with Gasteiger partial charge in [0.15, 0.2) is 5.69 Å². The lowest BCUT2D eigenvalue weighted by Crippen LogP contribution is -2.53. The van der Waals surface area contributed by atoms with Crippen molar-refractivity contribution in [3.8, 4) is 22.2 Å². The predicted octanol–water partition coefficient (Wildman–Crippen LogP) is 5.85. The van der Waals surface area contributed by atoms with Crippen molar-refractivity contribution in [2.45, 2.75) is 51.2 Å². The number of nitrogens with two attached hydrogens (primary N) is 1. The molecule has 0 saturated carbocycles. The summed E-state index contributed by atoms with van der Waals surface area (Å²) >= 11 is 7.09. The second kappa shape index (κ2) is 15.3. The van der Waals surface area contributed by atoms with E-state index in [9.17, 15) is 23.9 Å². The summed E-state index contributed by atoms with van der Waals surface area (Å²) in [5.74, 6) is -1.55. The number of anilines is 1. The average molecular weight is 772 g/mol. The first kappa shape index (κ1) is 37.1. The molecular formula is C39H39ClFN7O5S. The summed E-state index contributed by atoms with van der Waals surface area (Å²) in [6.07, 6.45) is 3.92. The number of hydrogen-bond donors (Lipinski definition) is 2. The van der Waals surface area contributed by atoms with Crippen molar-refractivity contribution in [2.75, 3.05) is 31.9 Å². The zero-order chi connectivity index (χ0) is 38.1. The monoisotopic (exact) mass is 771 g/mol. The molecule has 54 heavy (non-hydrogen) atoms. The second-order valence-corrected chi connectivity index (χ2v) is 15.3. The van der Waals surface area contributed by atoms with Crippen molar-refractivity contribution in [3.05, 3.63) is 116 Å². The quantitative estimate of drug-likeness (QED) is 0.198. The Morgan fingerprint density at radius 2 is 1.81 bits per heavy atom. The van der Waals surface area contributed by atoms with Crippen molar-refractivity contribution >= 4 is 40.4 Å². The largest absolute Gasteiger partial charge is 0.437 e. The van der Waals surface area contributed by atoms with Gasteiger partial charge in [0.2, 0.25) is 11.8 Å². The number of benzene rings is 2. The molecule has 0 unspecified atom stereocenters. The van der Waals surface area contributed by atoms with E-state index in [0.29, 0.717) is 30.1 Å². The van der Waals surface area contributed by atoms with Crippen LogP contribution in [0.1, 0.15) is 51.8 Å². The molecule has 0 radical (unpaired) electrons. The van der Waals surface area contributed by atoms with Crippen LogP contribution in [0.2, 0.25) is 5.02 Å². The number of likely N-dealkylation sites (tertiary alicyclic amines) is 2. The van der Waals surface area contributed by atoms with Gasteiger partial charge < -0.3 is 25.4 Å². The molecule has 2 amide bonds. The highest BCUT2D eigenvalue weighted by Gasteiger charge is 2.42. The number of ether oxygens (including phenoxy) is 1. The van der Waals surface area contributed by atoms with Gasteiger partial charge in [0.25, 0.3) is 11.5 Å². The summed E-state index contributed by atoms with van der Waals surface area (Å²) in [6, 6.07) is 17.5. The maximum Gasteiger partial charge on any atom is 0.280 e. The van der Waals surface area contributed by atoms with Crippen molar-refractivity contribution in [2.24, 2.45) is 5.92 Å². The third-order valence-corrected chi connectivity index (χ3v) is 11.7. The number of halogens is 2. The van der Waals surface area contributed by atoms with Gasteiger partial charge in [-0.2, -0.15) is 0 Å². The lowest BCUT2D eigenvalue weighted by molar-refractivity contribution is -0.142. The summed E-state index contributed by atoms with van der Waals surface area (Å²) in [6.45, 7) is 5.03. The standard InChI is InChI=1S/C39H39ClFN7O5S/c1-23-8-9-26(19-43-23)35-45-24(2)33(54-35)38(51)47-15-12-28(29(20-47)25-6-4-3-5-7-25)36(49)46-16-13-39(52,14-17-46)21-48-22-44-34(32(42)37(48)50)53-27-10-11-30(40)31(41)18-27/h3-11,18-19,22,28-29,52H,12-17,20-21,42H2,1-2H3/t28-,29+/m1/s1. The van der Waals surface area contributed by atoms with Gasteiger partial charge in [-0.1, -0.05) is 41.9 Å². The summed E-state index contributed by atoms with van der Waals surface area (Å²) in [5, 5.41) is 12.2. The van der Waals surface area contributed by atoms with Gasteiger partial charge in [0, 0.05) is 61.5 Å². The van der Waals surface area contributed by atoms with Crippen LogP contribution >= 0.6 is 22.9 Å². The molecule has 12 nitrogen and oxygen atoms in total. The minimum Gasteiger partial charge on any atom is -0.437 e. The van der Waals surface area contributed by atoms with Crippen molar-refractivity contribution in [1.82, 2.24) is 29.3 Å². The van der Waals surface area contributed by atoms with Crippen molar-refractivity contribution in [3.63, 3.8) is 0 Å². The summed E-state index contributed by atoms with van der Waals surface area (Å²) < 4.78 is 20.6. The molecule has 5 heterocycles. The van der Waals surface area contributed by atoms with Gasteiger partial charge in [0.05, 0.1) is 22.9 Å². The molecule has 2 aromatic carbocycles. The van der Waals surface area contributed by atoms with Crippen molar-refractivity contribution < 1.29 is 23.8 Å². The van der Waals surface area contributed by atoms with Crippen LogP contribution in [0.25, 0.3) is 10.6 Å². The number of amides is 2. The maximum absolute atomic E-state index is 14.2. The molecule has 2 fully saturated rings. The van der Waals surface area contributed by atoms with Crippen molar-refractivity contribution in [1.29, 1.82) is 0 Å². The normalized spacial score (nSPS) is 18.4. The van der Waals surface area contributed by atoms with E-state index in [1.54, 1.807) is 11.1 Å². The van der Waals surface area contributed by atoms with Gasteiger partial charge in [-0.05, 0) is 62.9 Å². The van der Waals surface area contributed by atoms with Gasteiger partial charge in [-0.25, -0.2) is 14.4 Å². The minimum absolute atomic E-state index is 0.0238. The highest BCUT2D eigenvalue weighted by atomic mass is 35.5. The molecule has 15 heteroatoms. The molecule has 7 rings (SSSR count). The van der Waals surface area contributed by atoms with Gasteiger partial charge in [-0.3, -0.25) is 23.9 Å². The first-order chi connectivity index (χ1) is 25.9. The molecule has 0 spiro atoms. The van der Waals surface area contributed by atoms with E-state index >= 15 is 0 Å². The van der Waals surface area contributed by atoms with Crippen LogP contribution in [-0.2, 0) is 11.3 Å². The lowest BCUT2D eigenvalue weighted by atomic mass is 9.79. The minimum atomic E-state index is -1.30. The van der Waals surface area contributed by atoms with Crippen LogP contribution in [0.4, 0.5) is 10.1 Å². The molecule has 280 valence electrons. The topological polar surface area (TPSA) is 157 Å². The molecular weight excluding hydrogens is 733 g/mol. The molecule has 3 aromatic heterocycles. The van der Waals surface area contributed by atoms with E-state index in [0.717, 1.165) is 27.9 Å². The predicted molar refractivity (Wildman–Crippen MR) is 203 cm³/mol. The Labute approximate surface area is 320 Å². The number of aromatic nitrogens is 4. The zero-order valence-electron chi connectivity index (χ0n) is 29.7. The lowest BCUT2D eigenvalue weighted by Gasteiger charge is -2.43. The molecule has 2 atom stereocenters. The van der Waals surface area contributed by atoms with E-state index < -0.39 is 17.0 Å². The number of aliphatic hydroxyl groups is 1. The zero-order valence-corrected chi connectivity index (χ0v) is 31.3. The fraction of sp³-hybridized carbons (Fsp3) is 0.333. The van der Waals surface area contributed by atoms with Crippen LogP contribution in [-0.4, -0.2) is 78.0 Å². The Bertz CT molecular complexity index is 2240. The van der Waals surface area contributed by atoms with E-state index in [-0.39, 0.29) is 78.5 Å². The smallest absolute Gasteiger partial charge is 0.280 e. The fourth-order valence-electron chi connectivity index (χ4n) is 7.12. The Balaban J connectivity index is 1.02. The fourth-order valence-corrected chi connectivity index (χ4v) is 8.26. The Kier molecular flexibility index (Phi) is 10.5. The molecule has 0 aliphatic carbocycles. The van der Waals surface area contributed by atoms with Gasteiger partial charge in [0.1, 0.15) is 27.8 Å². The SMILES string of the molecule is Cc1ccc(-c2nc(C)c(C(=O)N3CC[C@@H](C(=O)N4CCC(O)(Cn5cnc(Oc6ccc(Cl)c(F)c6)c(N)c5=O)CC4)[C@H](c4ccccc4)C3)s2)cn1. The molecule has 2 aliphatic heterocycles. The number of nitrogens with zero attached hydrogens (tertiary/aromatic N) is 6.